The molecule has 1 aliphatic rings. The predicted octanol–water partition coefficient (Wildman–Crippen LogP) is 0.973. The minimum Gasteiger partial charge on any atom is -0.368 e. The van der Waals surface area contributed by atoms with Crippen LogP contribution in [-0.2, 0) is 4.79 Å². The van der Waals surface area contributed by atoms with Gasteiger partial charge in [-0.3, -0.25) is 9.59 Å². The SMILES string of the molecule is CC[C@@H]1C[C@H]1C(=O)N(C)CCNc1ncnc2[nH]cc(C(N)=O)c12. The number of hydrogen-bond donors (Lipinski definition) is 3. The van der Waals surface area contributed by atoms with E-state index in [-0.39, 0.29) is 11.8 Å². The molecule has 128 valence electrons. The Balaban J connectivity index is 1.63. The van der Waals surface area contributed by atoms with Crippen molar-refractivity contribution in [2.75, 3.05) is 25.5 Å². The highest BCUT2D eigenvalue weighted by Crippen LogP contribution is 2.42. The first-order valence-corrected chi connectivity index (χ1v) is 8.13. The van der Waals surface area contributed by atoms with Gasteiger partial charge in [0.15, 0.2) is 0 Å². The Morgan fingerprint density at radius 1 is 1.46 bits per heavy atom. The molecule has 1 saturated carbocycles. The normalized spacial score (nSPS) is 19.2. The maximum absolute atomic E-state index is 12.2. The molecule has 2 aromatic rings. The first-order chi connectivity index (χ1) is 11.5. The summed E-state index contributed by atoms with van der Waals surface area (Å²) in [6.45, 7) is 3.21. The third-order valence-corrected chi connectivity index (χ3v) is 4.62. The molecule has 0 bridgehead atoms. The number of anilines is 1. The fraction of sp³-hybridized carbons (Fsp3) is 0.500. The molecule has 1 fully saturated rings. The van der Waals surface area contributed by atoms with Crippen LogP contribution in [0.1, 0.15) is 30.1 Å². The van der Waals surface area contributed by atoms with Gasteiger partial charge < -0.3 is 20.9 Å². The van der Waals surface area contributed by atoms with Gasteiger partial charge in [-0.1, -0.05) is 13.3 Å². The van der Waals surface area contributed by atoms with Gasteiger partial charge in [0.05, 0.1) is 10.9 Å². The smallest absolute Gasteiger partial charge is 0.251 e. The number of likely N-dealkylation sites (N-methyl/N-ethyl adjacent to an activating group) is 1. The van der Waals surface area contributed by atoms with Crippen LogP contribution < -0.4 is 11.1 Å². The lowest BCUT2D eigenvalue weighted by Crippen LogP contribution is -2.33. The molecule has 0 aromatic carbocycles. The number of nitrogens with zero attached hydrogens (tertiary/aromatic N) is 3. The maximum Gasteiger partial charge on any atom is 0.251 e. The van der Waals surface area contributed by atoms with Crippen molar-refractivity contribution >= 4 is 28.7 Å². The Hall–Kier alpha value is -2.64. The Morgan fingerprint density at radius 3 is 2.92 bits per heavy atom. The molecule has 1 aliphatic carbocycles. The fourth-order valence-electron chi connectivity index (χ4n) is 3.03. The third-order valence-electron chi connectivity index (χ3n) is 4.62. The van der Waals surface area contributed by atoms with Crippen molar-refractivity contribution in [3.05, 3.63) is 18.1 Å². The fourth-order valence-corrected chi connectivity index (χ4v) is 3.03. The summed E-state index contributed by atoms with van der Waals surface area (Å²) in [4.78, 5) is 36.7. The Bertz CT molecular complexity index is 771. The van der Waals surface area contributed by atoms with E-state index >= 15 is 0 Å². The third kappa shape index (κ3) is 3.04. The number of hydrogen-bond acceptors (Lipinski definition) is 5. The van der Waals surface area contributed by atoms with E-state index in [1.54, 1.807) is 4.90 Å². The van der Waals surface area contributed by atoms with Gasteiger partial charge in [0, 0.05) is 32.3 Å². The minimum absolute atomic E-state index is 0.192. The highest BCUT2D eigenvalue weighted by atomic mass is 16.2. The lowest BCUT2D eigenvalue weighted by molar-refractivity contribution is -0.131. The Labute approximate surface area is 139 Å². The van der Waals surface area contributed by atoms with Gasteiger partial charge in [0.2, 0.25) is 5.91 Å². The molecule has 8 heteroatoms. The molecule has 24 heavy (non-hydrogen) atoms. The zero-order valence-corrected chi connectivity index (χ0v) is 13.9. The molecule has 0 saturated heterocycles. The number of primary amides is 1. The largest absolute Gasteiger partial charge is 0.368 e. The molecular weight excluding hydrogens is 308 g/mol. The van der Waals surface area contributed by atoms with Gasteiger partial charge in [-0.25, -0.2) is 9.97 Å². The molecule has 0 unspecified atom stereocenters. The number of amides is 2. The second-order valence-corrected chi connectivity index (χ2v) is 6.21. The van der Waals surface area contributed by atoms with E-state index in [4.69, 9.17) is 5.73 Å². The molecule has 3 rings (SSSR count). The van der Waals surface area contributed by atoms with Crippen molar-refractivity contribution in [1.29, 1.82) is 0 Å². The number of nitrogens with two attached hydrogens (primary N) is 1. The summed E-state index contributed by atoms with van der Waals surface area (Å²) < 4.78 is 0. The molecule has 0 aliphatic heterocycles. The van der Waals surface area contributed by atoms with E-state index in [1.807, 2.05) is 7.05 Å². The molecule has 2 atom stereocenters. The summed E-state index contributed by atoms with van der Waals surface area (Å²) >= 11 is 0. The van der Waals surface area contributed by atoms with E-state index in [1.165, 1.54) is 12.5 Å². The molecule has 0 radical (unpaired) electrons. The van der Waals surface area contributed by atoms with E-state index in [2.05, 4.69) is 27.2 Å². The van der Waals surface area contributed by atoms with E-state index < -0.39 is 5.91 Å². The van der Waals surface area contributed by atoms with Crippen LogP contribution in [0.25, 0.3) is 11.0 Å². The van der Waals surface area contributed by atoms with Crippen molar-refractivity contribution in [2.45, 2.75) is 19.8 Å². The first kappa shape index (κ1) is 16.2. The van der Waals surface area contributed by atoms with Crippen LogP contribution in [0.3, 0.4) is 0 Å². The number of fused-ring (bicyclic) bond motifs is 1. The number of aromatic amines is 1. The van der Waals surface area contributed by atoms with Crippen molar-refractivity contribution in [1.82, 2.24) is 19.9 Å². The highest BCUT2D eigenvalue weighted by Gasteiger charge is 2.42. The second-order valence-electron chi connectivity index (χ2n) is 6.21. The summed E-state index contributed by atoms with van der Waals surface area (Å²) in [7, 11) is 1.82. The van der Waals surface area contributed by atoms with Crippen molar-refractivity contribution < 1.29 is 9.59 Å². The average Bonchev–Trinajstić information content (AvgIpc) is 3.23. The number of carbonyl (C=O) groups excluding carboxylic acids is 2. The van der Waals surface area contributed by atoms with Gasteiger partial charge in [0.1, 0.15) is 17.8 Å². The number of H-pyrrole nitrogens is 1. The topological polar surface area (TPSA) is 117 Å². The Morgan fingerprint density at radius 2 is 2.25 bits per heavy atom. The monoisotopic (exact) mass is 330 g/mol. The van der Waals surface area contributed by atoms with Crippen LogP contribution in [-0.4, -0.2) is 51.8 Å². The number of nitrogens with one attached hydrogen (secondary N) is 2. The van der Waals surface area contributed by atoms with Gasteiger partial charge in [-0.2, -0.15) is 0 Å². The van der Waals surface area contributed by atoms with Crippen LogP contribution in [0.5, 0.6) is 0 Å². The quantitative estimate of drug-likeness (QED) is 0.699. The van der Waals surface area contributed by atoms with E-state index in [0.717, 1.165) is 12.8 Å². The lowest BCUT2D eigenvalue weighted by atomic mass is 10.2. The van der Waals surface area contributed by atoms with Crippen LogP contribution in [0, 0.1) is 11.8 Å². The van der Waals surface area contributed by atoms with Crippen LogP contribution in [0.15, 0.2) is 12.5 Å². The molecular formula is C16H22N6O2. The Kier molecular flexibility index (Phi) is 4.37. The maximum atomic E-state index is 12.2. The summed E-state index contributed by atoms with van der Waals surface area (Å²) in [5.41, 5.74) is 6.28. The number of carbonyl (C=O) groups is 2. The van der Waals surface area contributed by atoms with E-state index in [0.29, 0.717) is 41.4 Å². The predicted molar refractivity (Wildman–Crippen MR) is 90.4 cm³/mol. The molecule has 2 aromatic heterocycles. The van der Waals surface area contributed by atoms with Crippen molar-refractivity contribution in [3.63, 3.8) is 0 Å². The molecule has 4 N–H and O–H groups in total. The van der Waals surface area contributed by atoms with Gasteiger partial charge in [-0.15, -0.1) is 0 Å². The van der Waals surface area contributed by atoms with E-state index in [9.17, 15) is 9.59 Å². The van der Waals surface area contributed by atoms with Gasteiger partial charge in [0.25, 0.3) is 5.91 Å². The second kappa shape index (κ2) is 6.46. The first-order valence-electron chi connectivity index (χ1n) is 8.13. The summed E-state index contributed by atoms with van der Waals surface area (Å²) in [5, 5.41) is 3.74. The lowest BCUT2D eigenvalue weighted by Gasteiger charge is -2.18. The zero-order chi connectivity index (χ0) is 17.3. The number of aromatic nitrogens is 3. The van der Waals surface area contributed by atoms with Crippen LogP contribution in [0.4, 0.5) is 5.82 Å². The molecule has 8 nitrogen and oxygen atoms in total. The van der Waals surface area contributed by atoms with Gasteiger partial charge in [-0.05, 0) is 12.3 Å². The van der Waals surface area contributed by atoms with Crippen molar-refractivity contribution in [3.8, 4) is 0 Å². The summed E-state index contributed by atoms with van der Waals surface area (Å²) in [6, 6.07) is 0. The van der Waals surface area contributed by atoms with Crippen molar-refractivity contribution in [2.24, 2.45) is 17.6 Å². The molecule has 2 heterocycles. The summed E-state index contributed by atoms with van der Waals surface area (Å²) in [5.74, 6) is 0.944. The van der Waals surface area contributed by atoms with Crippen LogP contribution >= 0.6 is 0 Å². The average molecular weight is 330 g/mol. The summed E-state index contributed by atoms with van der Waals surface area (Å²) in [6.07, 6.45) is 5.01. The standard InChI is InChI=1S/C16H22N6O2/c1-3-9-6-10(9)16(24)22(2)5-4-18-14-12-11(13(17)23)7-19-15(12)21-8-20-14/h7-10H,3-6H2,1-2H3,(H2,17,23)(H2,18,19,20,21)/t9-,10-/m1/s1. The van der Waals surface area contributed by atoms with Gasteiger partial charge >= 0.3 is 0 Å². The molecule has 2 amide bonds. The number of rotatable bonds is 7. The zero-order valence-electron chi connectivity index (χ0n) is 13.9. The highest BCUT2D eigenvalue weighted by molar-refractivity contribution is 6.08. The van der Waals surface area contributed by atoms with Crippen LogP contribution in [0.2, 0.25) is 0 Å². The minimum atomic E-state index is -0.536. The molecule has 0 spiro atoms.